The van der Waals surface area contributed by atoms with Crippen LogP contribution in [0.25, 0.3) is 5.82 Å². The van der Waals surface area contributed by atoms with Crippen molar-refractivity contribution in [1.82, 2.24) is 20.1 Å². The van der Waals surface area contributed by atoms with E-state index < -0.39 is 11.5 Å². The molecule has 0 saturated carbocycles. The zero-order chi connectivity index (χ0) is 16.2. The van der Waals surface area contributed by atoms with Gasteiger partial charge >= 0.3 is 5.97 Å². The summed E-state index contributed by atoms with van der Waals surface area (Å²) in [4.78, 5) is 27.1. The molecule has 0 aromatic carbocycles. The van der Waals surface area contributed by atoms with Gasteiger partial charge in [0.25, 0.3) is 5.91 Å². The van der Waals surface area contributed by atoms with E-state index in [9.17, 15) is 9.59 Å². The summed E-state index contributed by atoms with van der Waals surface area (Å²) in [5.41, 5.74) is -0.158. The largest absolute Gasteiger partial charge is 0.481 e. The molecule has 22 heavy (non-hydrogen) atoms. The molecule has 0 aliphatic heterocycles. The lowest BCUT2D eigenvalue weighted by atomic mass is 9.98. The molecule has 0 aliphatic rings. The number of rotatable bonds is 6. The normalized spacial score (nSPS) is 11.2. The summed E-state index contributed by atoms with van der Waals surface area (Å²) < 4.78 is 1.56. The van der Waals surface area contributed by atoms with Crippen molar-refractivity contribution >= 4 is 11.9 Å². The van der Waals surface area contributed by atoms with Crippen LogP contribution < -0.4 is 5.32 Å². The molecule has 7 heteroatoms. The molecule has 0 unspecified atom stereocenters. The monoisotopic (exact) mass is 302 g/mol. The third-order valence-corrected chi connectivity index (χ3v) is 3.16. The van der Waals surface area contributed by atoms with E-state index >= 15 is 0 Å². The summed E-state index contributed by atoms with van der Waals surface area (Å²) in [6, 6.07) is 5.01. The third kappa shape index (κ3) is 4.15. The zero-order valence-electron chi connectivity index (χ0n) is 12.5. The van der Waals surface area contributed by atoms with Gasteiger partial charge in [0.2, 0.25) is 0 Å². The van der Waals surface area contributed by atoms with Gasteiger partial charge in [-0.1, -0.05) is 0 Å². The average molecular weight is 302 g/mol. The van der Waals surface area contributed by atoms with E-state index in [0.29, 0.717) is 17.8 Å². The first-order valence-electron chi connectivity index (χ1n) is 6.88. The summed E-state index contributed by atoms with van der Waals surface area (Å²) in [6.07, 6.45) is 5.26. The number of amides is 1. The fourth-order valence-corrected chi connectivity index (χ4v) is 1.95. The Bertz CT molecular complexity index is 665. The zero-order valence-corrected chi connectivity index (χ0v) is 12.5. The summed E-state index contributed by atoms with van der Waals surface area (Å²) in [7, 11) is 0. The molecule has 2 rings (SSSR count). The number of carbonyl (C=O) groups is 2. The van der Waals surface area contributed by atoms with E-state index in [0.717, 1.165) is 0 Å². The lowest BCUT2D eigenvalue weighted by Gasteiger charge is -2.25. The lowest BCUT2D eigenvalue weighted by Crippen LogP contribution is -2.43. The minimum Gasteiger partial charge on any atom is -0.481 e. The minimum atomic E-state index is -0.882. The second-order valence-electron chi connectivity index (χ2n) is 5.59. The Labute approximate surface area is 128 Å². The first-order valence-corrected chi connectivity index (χ1v) is 6.88. The molecule has 0 spiro atoms. The van der Waals surface area contributed by atoms with Gasteiger partial charge in [-0.3, -0.25) is 9.59 Å². The van der Waals surface area contributed by atoms with Crippen LogP contribution in [0.4, 0.5) is 0 Å². The second-order valence-corrected chi connectivity index (χ2v) is 5.59. The first kappa shape index (κ1) is 15.7. The van der Waals surface area contributed by atoms with Gasteiger partial charge in [-0.05, 0) is 38.5 Å². The molecule has 0 bridgehead atoms. The van der Waals surface area contributed by atoms with Crippen molar-refractivity contribution in [3.8, 4) is 5.82 Å². The van der Waals surface area contributed by atoms with Crippen molar-refractivity contribution in [2.75, 3.05) is 0 Å². The highest BCUT2D eigenvalue weighted by Crippen LogP contribution is 2.13. The predicted molar refractivity (Wildman–Crippen MR) is 79.8 cm³/mol. The van der Waals surface area contributed by atoms with Crippen LogP contribution >= 0.6 is 0 Å². The average Bonchev–Trinajstić information content (AvgIpc) is 2.99. The van der Waals surface area contributed by atoms with Gasteiger partial charge in [0, 0.05) is 36.1 Å². The predicted octanol–water partition coefficient (Wildman–Crippen LogP) is 1.64. The Morgan fingerprint density at radius 3 is 2.77 bits per heavy atom. The van der Waals surface area contributed by atoms with Crippen molar-refractivity contribution in [1.29, 1.82) is 0 Å². The number of pyridine rings is 1. The van der Waals surface area contributed by atoms with Crippen LogP contribution in [0.1, 0.15) is 37.0 Å². The highest BCUT2D eigenvalue weighted by Gasteiger charge is 2.22. The summed E-state index contributed by atoms with van der Waals surface area (Å²) in [5, 5.41) is 15.6. The number of hydrogen-bond acceptors (Lipinski definition) is 4. The van der Waals surface area contributed by atoms with Crippen molar-refractivity contribution in [3.63, 3.8) is 0 Å². The molecule has 0 fully saturated rings. The van der Waals surface area contributed by atoms with Gasteiger partial charge in [0.15, 0.2) is 5.82 Å². The maximum Gasteiger partial charge on any atom is 0.303 e. The van der Waals surface area contributed by atoms with E-state index in [4.69, 9.17) is 5.11 Å². The topological polar surface area (TPSA) is 97.1 Å². The molecule has 2 heterocycles. The molecule has 2 aromatic heterocycles. The lowest BCUT2D eigenvalue weighted by molar-refractivity contribution is -0.137. The van der Waals surface area contributed by atoms with E-state index in [1.165, 1.54) is 6.20 Å². The van der Waals surface area contributed by atoms with Gasteiger partial charge < -0.3 is 10.4 Å². The molecule has 116 valence electrons. The van der Waals surface area contributed by atoms with E-state index in [2.05, 4.69) is 15.4 Å². The summed E-state index contributed by atoms with van der Waals surface area (Å²) >= 11 is 0. The molecule has 1 amide bonds. The van der Waals surface area contributed by atoms with Crippen molar-refractivity contribution in [3.05, 3.63) is 42.4 Å². The van der Waals surface area contributed by atoms with Crippen molar-refractivity contribution in [2.24, 2.45) is 0 Å². The third-order valence-electron chi connectivity index (χ3n) is 3.16. The number of aliphatic carboxylic acids is 1. The highest BCUT2D eigenvalue weighted by molar-refractivity contribution is 5.95. The fourth-order valence-electron chi connectivity index (χ4n) is 1.95. The van der Waals surface area contributed by atoms with E-state index in [-0.39, 0.29) is 12.3 Å². The smallest absolute Gasteiger partial charge is 0.303 e. The van der Waals surface area contributed by atoms with Crippen LogP contribution in [-0.2, 0) is 4.79 Å². The number of carboxylic acids is 1. The molecular weight excluding hydrogens is 284 g/mol. The van der Waals surface area contributed by atoms with Gasteiger partial charge in [-0.2, -0.15) is 5.10 Å². The minimum absolute atomic E-state index is 0.00215. The molecule has 0 aliphatic carbocycles. The van der Waals surface area contributed by atoms with Crippen LogP contribution in [-0.4, -0.2) is 37.3 Å². The second kappa shape index (κ2) is 6.38. The first-order chi connectivity index (χ1) is 10.4. The SMILES string of the molecule is CC(C)(CCC(=O)O)NC(=O)c1ccnc(-n2cccn2)c1. The van der Waals surface area contributed by atoms with Crippen LogP contribution in [0.5, 0.6) is 0 Å². The number of carbonyl (C=O) groups excluding carboxylic acids is 1. The Hall–Kier alpha value is -2.70. The van der Waals surface area contributed by atoms with Crippen molar-refractivity contribution < 1.29 is 14.7 Å². The maximum atomic E-state index is 12.3. The standard InChI is InChI=1S/C15H18N4O3/c1-15(2,6-4-13(20)21)18-14(22)11-5-8-16-12(10-11)19-9-3-7-17-19/h3,5,7-10H,4,6H2,1-2H3,(H,18,22)(H,20,21). The number of aromatic nitrogens is 3. The molecule has 2 N–H and O–H groups in total. The maximum absolute atomic E-state index is 12.3. The highest BCUT2D eigenvalue weighted by atomic mass is 16.4. The molecule has 0 saturated heterocycles. The number of carboxylic acid groups (broad SMARTS) is 1. The van der Waals surface area contributed by atoms with E-state index in [1.54, 1.807) is 49.1 Å². The molecular formula is C15H18N4O3. The fraction of sp³-hybridized carbons (Fsp3) is 0.333. The van der Waals surface area contributed by atoms with Crippen LogP contribution in [0.15, 0.2) is 36.8 Å². The quantitative estimate of drug-likeness (QED) is 0.845. The number of hydrogen-bond donors (Lipinski definition) is 2. The molecule has 7 nitrogen and oxygen atoms in total. The summed E-state index contributed by atoms with van der Waals surface area (Å²) in [5.74, 6) is -0.612. The van der Waals surface area contributed by atoms with Gasteiger partial charge in [0.05, 0.1) is 0 Å². The number of nitrogens with one attached hydrogen (secondary N) is 1. The Balaban J connectivity index is 2.09. The molecule has 2 aromatic rings. The Kier molecular flexibility index (Phi) is 4.55. The van der Waals surface area contributed by atoms with Crippen LogP contribution in [0, 0.1) is 0 Å². The summed E-state index contributed by atoms with van der Waals surface area (Å²) in [6.45, 7) is 3.59. The van der Waals surface area contributed by atoms with Gasteiger partial charge in [-0.25, -0.2) is 9.67 Å². The Morgan fingerprint density at radius 1 is 1.36 bits per heavy atom. The Morgan fingerprint density at radius 2 is 2.14 bits per heavy atom. The molecule has 0 radical (unpaired) electrons. The van der Waals surface area contributed by atoms with Crippen LogP contribution in [0.2, 0.25) is 0 Å². The van der Waals surface area contributed by atoms with Crippen molar-refractivity contribution in [2.45, 2.75) is 32.2 Å². The van der Waals surface area contributed by atoms with E-state index in [1.807, 2.05) is 0 Å². The number of nitrogens with zero attached hydrogens (tertiary/aromatic N) is 3. The molecule has 0 atom stereocenters. The van der Waals surface area contributed by atoms with Crippen LogP contribution in [0.3, 0.4) is 0 Å². The van der Waals surface area contributed by atoms with Gasteiger partial charge in [-0.15, -0.1) is 0 Å². The van der Waals surface area contributed by atoms with Gasteiger partial charge in [0.1, 0.15) is 0 Å².